The Morgan fingerprint density at radius 2 is 1.86 bits per heavy atom. The molecule has 3 aromatic rings. The fourth-order valence-electron chi connectivity index (χ4n) is 5.09. The minimum atomic E-state index is -0.118. The molecule has 0 spiro atoms. The van der Waals surface area contributed by atoms with Gasteiger partial charge in [-0.1, -0.05) is 18.2 Å². The maximum absolute atomic E-state index is 13.5. The van der Waals surface area contributed by atoms with E-state index < -0.39 is 0 Å². The Balaban J connectivity index is 1.28. The maximum Gasteiger partial charge on any atom is 0.259 e. The van der Waals surface area contributed by atoms with Crippen molar-refractivity contribution in [3.05, 3.63) is 83.6 Å². The Bertz CT molecular complexity index is 1230. The van der Waals surface area contributed by atoms with Crippen LogP contribution in [0.5, 0.6) is 11.5 Å². The summed E-state index contributed by atoms with van der Waals surface area (Å²) in [4.78, 5) is 22.2. The third-order valence-corrected chi connectivity index (χ3v) is 7.07. The van der Waals surface area contributed by atoms with Crippen molar-refractivity contribution in [2.45, 2.75) is 31.7 Å². The van der Waals surface area contributed by atoms with Gasteiger partial charge in [-0.25, -0.2) is 4.98 Å². The molecular weight excluding hydrogens is 452 g/mol. The first-order chi connectivity index (χ1) is 17.6. The van der Waals surface area contributed by atoms with Gasteiger partial charge < -0.3 is 9.47 Å². The number of fused-ring (bicyclic) bond motifs is 1. The lowest BCUT2D eigenvalue weighted by molar-refractivity contribution is 0.0967. The maximum atomic E-state index is 13.5. The quantitative estimate of drug-likeness (QED) is 0.509. The molecular formula is C29H30N4O3. The largest absolute Gasteiger partial charge is 0.486 e. The van der Waals surface area contributed by atoms with Crippen LogP contribution < -0.4 is 14.4 Å². The third kappa shape index (κ3) is 5.05. The number of hydrogen-bond acceptors (Lipinski definition) is 6. The van der Waals surface area contributed by atoms with Crippen molar-refractivity contribution in [1.82, 2.24) is 9.88 Å². The first-order valence-electron chi connectivity index (χ1n) is 12.5. The number of piperidine rings is 1. The number of para-hydroxylation sites is 1. The van der Waals surface area contributed by atoms with Gasteiger partial charge in [0, 0.05) is 29.9 Å². The van der Waals surface area contributed by atoms with Gasteiger partial charge in [-0.2, -0.15) is 5.26 Å². The summed E-state index contributed by atoms with van der Waals surface area (Å²) < 4.78 is 11.7. The van der Waals surface area contributed by atoms with Crippen molar-refractivity contribution in [1.29, 1.82) is 5.26 Å². The standard InChI is InChI=1S/C29H30N4O3/c1-21(32-15-12-23(13-16-32)25-5-4-6-26-28(25)36-18-17-35-26)20-33(27-7-2-3-14-31-27)29(34)24-10-8-22(19-30)9-11-24/h2-11,14,21,23H,12-13,15-18,20H2,1H3/t21-/m1/s1. The molecule has 0 aliphatic carbocycles. The molecule has 0 bridgehead atoms. The van der Waals surface area contributed by atoms with Crippen molar-refractivity contribution < 1.29 is 14.3 Å². The number of rotatable bonds is 6. The molecule has 3 heterocycles. The molecule has 1 saturated heterocycles. The normalized spacial score (nSPS) is 16.7. The molecule has 2 aliphatic heterocycles. The van der Waals surface area contributed by atoms with Gasteiger partial charge in [-0.05, 0) is 81.2 Å². The lowest BCUT2D eigenvalue weighted by atomic mass is 9.88. The Kier molecular flexibility index (Phi) is 7.15. The highest BCUT2D eigenvalue weighted by Crippen LogP contribution is 2.41. The Morgan fingerprint density at radius 3 is 2.58 bits per heavy atom. The Morgan fingerprint density at radius 1 is 1.08 bits per heavy atom. The topological polar surface area (TPSA) is 78.7 Å². The predicted molar refractivity (Wildman–Crippen MR) is 138 cm³/mol. The molecule has 7 nitrogen and oxygen atoms in total. The van der Waals surface area contributed by atoms with Crippen LogP contribution in [0.4, 0.5) is 5.82 Å². The molecule has 184 valence electrons. The number of aromatic nitrogens is 1. The van der Waals surface area contributed by atoms with Crippen LogP contribution in [0.15, 0.2) is 66.9 Å². The summed E-state index contributed by atoms with van der Waals surface area (Å²) in [5.41, 5.74) is 2.32. The molecule has 7 heteroatoms. The summed E-state index contributed by atoms with van der Waals surface area (Å²) in [5, 5.41) is 9.09. The second-order valence-corrected chi connectivity index (χ2v) is 9.32. The van der Waals surface area contributed by atoms with E-state index in [-0.39, 0.29) is 11.9 Å². The molecule has 0 N–H and O–H groups in total. The number of nitrogens with zero attached hydrogens (tertiary/aromatic N) is 4. The highest BCUT2D eigenvalue weighted by molar-refractivity contribution is 6.05. The molecule has 0 saturated carbocycles. The Labute approximate surface area is 211 Å². The second-order valence-electron chi connectivity index (χ2n) is 9.32. The molecule has 0 unspecified atom stereocenters. The predicted octanol–water partition coefficient (Wildman–Crippen LogP) is 4.64. The van der Waals surface area contributed by atoms with Crippen LogP contribution in [-0.4, -0.2) is 54.7 Å². The number of amides is 1. The molecule has 0 radical (unpaired) electrons. The van der Waals surface area contributed by atoms with Gasteiger partial charge in [0.15, 0.2) is 11.5 Å². The van der Waals surface area contributed by atoms with Gasteiger partial charge in [0.2, 0.25) is 0 Å². The number of anilines is 1. The van der Waals surface area contributed by atoms with E-state index in [4.69, 9.17) is 14.7 Å². The van der Waals surface area contributed by atoms with E-state index in [1.807, 2.05) is 24.3 Å². The van der Waals surface area contributed by atoms with E-state index >= 15 is 0 Å². The molecule has 2 aliphatic rings. The number of ether oxygens (including phenoxy) is 2. The smallest absolute Gasteiger partial charge is 0.259 e. The van der Waals surface area contributed by atoms with Crippen molar-refractivity contribution >= 4 is 11.7 Å². The number of benzene rings is 2. The summed E-state index contributed by atoms with van der Waals surface area (Å²) in [5.74, 6) is 2.69. The average Bonchev–Trinajstić information content (AvgIpc) is 2.95. The monoisotopic (exact) mass is 482 g/mol. The zero-order valence-electron chi connectivity index (χ0n) is 20.5. The van der Waals surface area contributed by atoms with Crippen LogP contribution in [-0.2, 0) is 0 Å². The van der Waals surface area contributed by atoms with Gasteiger partial charge in [0.1, 0.15) is 19.0 Å². The number of nitriles is 1. The van der Waals surface area contributed by atoms with Crippen LogP contribution in [0.3, 0.4) is 0 Å². The minimum Gasteiger partial charge on any atom is -0.486 e. The minimum absolute atomic E-state index is 0.118. The van der Waals surface area contributed by atoms with E-state index in [9.17, 15) is 4.79 Å². The number of hydrogen-bond donors (Lipinski definition) is 0. The second kappa shape index (κ2) is 10.8. The number of carbonyl (C=O) groups excluding carboxylic acids is 1. The lowest BCUT2D eigenvalue weighted by Crippen LogP contribution is -2.47. The first kappa shape index (κ1) is 23.8. The van der Waals surface area contributed by atoms with Crippen molar-refractivity contribution in [2.75, 3.05) is 37.7 Å². The zero-order valence-corrected chi connectivity index (χ0v) is 20.5. The lowest BCUT2D eigenvalue weighted by Gasteiger charge is -2.38. The number of pyridine rings is 1. The van der Waals surface area contributed by atoms with Crippen LogP contribution in [0, 0.1) is 11.3 Å². The Hall–Kier alpha value is -3.89. The molecule has 2 aromatic carbocycles. The van der Waals surface area contributed by atoms with Gasteiger partial charge in [-0.3, -0.25) is 14.6 Å². The number of likely N-dealkylation sites (tertiary alicyclic amines) is 1. The van der Waals surface area contributed by atoms with Crippen molar-refractivity contribution in [3.8, 4) is 17.6 Å². The van der Waals surface area contributed by atoms with E-state index in [0.717, 1.165) is 37.4 Å². The molecule has 36 heavy (non-hydrogen) atoms. The summed E-state index contributed by atoms with van der Waals surface area (Å²) in [6.07, 6.45) is 3.76. The molecule has 1 fully saturated rings. The molecule has 5 rings (SSSR count). The SMILES string of the molecule is C[C@H](CN(C(=O)c1ccc(C#N)cc1)c1ccccn1)N1CCC(c2cccc3c2OCCO3)CC1. The summed E-state index contributed by atoms with van der Waals surface area (Å²) in [6.45, 7) is 5.77. The van der Waals surface area contributed by atoms with E-state index in [1.165, 1.54) is 5.56 Å². The summed E-state index contributed by atoms with van der Waals surface area (Å²) in [7, 11) is 0. The van der Waals surface area contributed by atoms with Gasteiger partial charge in [-0.15, -0.1) is 0 Å². The van der Waals surface area contributed by atoms with E-state index in [2.05, 4.69) is 35.0 Å². The molecule has 1 aromatic heterocycles. The van der Waals surface area contributed by atoms with Crippen LogP contribution in [0.25, 0.3) is 0 Å². The van der Waals surface area contributed by atoms with Crippen molar-refractivity contribution in [2.24, 2.45) is 0 Å². The fraction of sp³-hybridized carbons (Fsp3) is 0.345. The summed E-state index contributed by atoms with van der Waals surface area (Å²) >= 11 is 0. The first-order valence-corrected chi connectivity index (χ1v) is 12.5. The van der Waals surface area contributed by atoms with Crippen LogP contribution in [0.2, 0.25) is 0 Å². The molecule has 1 amide bonds. The number of carbonyl (C=O) groups is 1. The van der Waals surface area contributed by atoms with Gasteiger partial charge in [0.25, 0.3) is 5.91 Å². The average molecular weight is 483 g/mol. The third-order valence-electron chi connectivity index (χ3n) is 7.07. The zero-order chi connectivity index (χ0) is 24.9. The highest BCUT2D eigenvalue weighted by atomic mass is 16.6. The van der Waals surface area contributed by atoms with Gasteiger partial charge >= 0.3 is 0 Å². The fourth-order valence-corrected chi connectivity index (χ4v) is 5.09. The van der Waals surface area contributed by atoms with E-state index in [1.54, 1.807) is 35.4 Å². The molecule has 1 atom stereocenters. The van der Waals surface area contributed by atoms with Crippen molar-refractivity contribution in [3.63, 3.8) is 0 Å². The van der Waals surface area contributed by atoms with Crippen LogP contribution >= 0.6 is 0 Å². The highest BCUT2D eigenvalue weighted by Gasteiger charge is 2.30. The van der Waals surface area contributed by atoms with E-state index in [0.29, 0.717) is 42.6 Å². The van der Waals surface area contributed by atoms with Crippen LogP contribution in [0.1, 0.15) is 47.2 Å². The summed E-state index contributed by atoms with van der Waals surface area (Å²) in [6, 6.07) is 20.8. The van der Waals surface area contributed by atoms with Gasteiger partial charge in [0.05, 0.1) is 11.6 Å².